The van der Waals surface area contributed by atoms with Crippen molar-refractivity contribution >= 4 is 11.4 Å². The van der Waals surface area contributed by atoms with Crippen molar-refractivity contribution < 1.29 is 18.4 Å². The summed E-state index contributed by atoms with van der Waals surface area (Å²) in [7, 11) is 0. The van der Waals surface area contributed by atoms with Crippen LogP contribution >= 0.6 is 0 Å². The number of ether oxygens (including phenoxy) is 1. The zero-order valence-electron chi connectivity index (χ0n) is 9.49. The van der Waals surface area contributed by atoms with Crippen molar-refractivity contribution in [2.45, 2.75) is 18.9 Å². The third-order valence-corrected chi connectivity index (χ3v) is 2.80. The molecule has 0 amide bonds. The number of benzene rings is 1. The summed E-state index contributed by atoms with van der Waals surface area (Å²) in [6.45, 7) is 1.04. The number of rotatable bonds is 3. The molecule has 0 saturated carbocycles. The first-order valence-corrected chi connectivity index (χ1v) is 5.55. The van der Waals surface area contributed by atoms with Crippen molar-refractivity contribution in [3.05, 3.63) is 33.9 Å². The number of hydrogen-bond donors (Lipinski definition) is 1. The molecule has 0 aromatic heterocycles. The molecule has 1 N–H and O–H groups in total. The highest BCUT2D eigenvalue weighted by Gasteiger charge is 2.23. The topological polar surface area (TPSA) is 64.4 Å². The maximum absolute atomic E-state index is 13.6. The van der Waals surface area contributed by atoms with E-state index in [9.17, 15) is 18.9 Å². The SMILES string of the molecule is O=[N+]([O-])c1cc(F)cc(F)c1NC1CCOCC1. The van der Waals surface area contributed by atoms with Gasteiger partial charge in [0.1, 0.15) is 11.5 Å². The molecule has 1 heterocycles. The highest BCUT2D eigenvalue weighted by molar-refractivity contribution is 5.63. The smallest absolute Gasteiger partial charge is 0.298 e. The van der Waals surface area contributed by atoms with E-state index in [-0.39, 0.29) is 11.7 Å². The number of hydrogen-bond acceptors (Lipinski definition) is 4. The Balaban J connectivity index is 2.27. The van der Waals surface area contributed by atoms with Gasteiger partial charge < -0.3 is 10.1 Å². The van der Waals surface area contributed by atoms with Gasteiger partial charge in [0.2, 0.25) is 0 Å². The van der Waals surface area contributed by atoms with E-state index in [2.05, 4.69) is 5.32 Å². The fourth-order valence-corrected chi connectivity index (χ4v) is 1.89. The second kappa shape index (κ2) is 5.26. The second-order valence-corrected chi connectivity index (χ2v) is 4.07. The molecule has 1 aromatic carbocycles. The molecule has 98 valence electrons. The van der Waals surface area contributed by atoms with Gasteiger partial charge in [0.05, 0.1) is 11.0 Å². The first-order valence-electron chi connectivity index (χ1n) is 5.55. The molecule has 1 aliphatic heterocycles. The Labute approximate surface area is 102 Å². The summed E-state index contributed by atoms with van der Waals surface area (Å²) in [6, 6.07) is 1.25. The van der Waals surface area contributed by atoms with E-state index in [1.807, 2.05) is 0 Å². The largest absolute Gasteiger partial charge is 0.381 e. The Bertz CT molecular complexity index is 462. The molecule has 0 spiro atoms. The van der Waals surface area contributed by atoms with E-state index in [1.165, 1.54) is 0 Å². The van der Waals surface area contributed by atoms with Crippen LogP contribution in [0.15, 0.2) is 12.1 Å². The maximum atomic E-state index is 13.6. The Morgan fingerprint density at radius 2 is 2.00 bits per heavy atom. The number of nitrogens with zero attached hydrogens (tertiary/aromatic N) is 1. The van der Waals surface area contributed by atoms with Crippen LogP contribution in [0.25, 0.3) is 0 Å². The van der Waals surface area contributed by atoms with Gasteiger partial charge in [-0.3, -0.25) is 10.1 Å². The van der Waals surface area contributed by atoms with Crippen molar-refractivity contribution in [3.63, 3.8) is 0 Å². The molecule has 2 rings (SSSR count). The zero-order chi connectivity index (χ0) is 13.1. The number of nitro benzene ring substituents is 1. The third-order valence-electron chi connectivity index (χ3n) is 2.80. The Morgan fingerprint density at radius 3 is 2.61 bits per heavy atom. The summed E-state index contributed by atoms with van der Waals surface area (Å²) in [5.74, 6) is -1.91. The highest BCUT2D eigenvalue weighted by Crippen LogP contribution is 2.30. The van der Waals surface area contributed by atoms with E-state index >= 15 is 0 Å². The molecule has 5 nitrogen and oxygen atoms in total. The molecule has 0 radical (unpaired) electrons. The lowest BCUT2D eigenvalue weighted by atomic mass is 10.1. The van der Waals surface area contributed by atoms with Crippen LogP contribution in [-0.2, 0) is 4.74 Å². The van der Waals surface area contributed by atoms with Crippen LogP contribution in [0.2, 0.25) is 0 Å². The summed E-state index contributed by atoms with van der Waals surface area (Å²) >= 11 is 0. The quantitative estimate of drug-likeness (QED) is 0.668. The van der Waals surface area contributed by atoms with Crippen LogP contribution in [0.5, 0.6) is 0 Å². The lowest BCUT2D eigenvalue weighted by Gasteiger charge is -2.24. The van der Waals surface area contributed by atoms with Crippen LogP contribution < -0.4 is 5.32 Å². The first-order chi connectivity index (χ1) is 8.58. The molecule has 18 heavy (non-hydrogen) atoms. The summed E-state index contributed by atoms with van der Waals surface area (Å²) in [6.07, 6.45) is 1.27. The van der Waals surface area contributed by atoms with Gasteiger partial charge >= 0.3 is 0 Å². The van der Waals surface area contributed by atoms with Gasteiger partial charge in [-0.1, -0.05) is 0 Å². The zero-order valence-corrected chi connectivity index (χ0v) is 9.49. The average Bonchev–Trinajstić information content (AvgIpc) is 2.33. The summed E-state index contributed by atoms with van der Waals surface area (Å²) < 4.78 is 31.7. The Morgan fingerprint density at radius 1 is 1.33 bits per heavy atom. The molecule has 0 bridgehead atoms. The summed E-state index contributed by atoms with van der Waals surface area (Å²) in [5, 5.41) is 13.5. The van der Waals surface area contributed by atoms with E-state index < -0.39 is 22.2 Å². The number of nitrogens with one attached hydrogen (secondary N) is 1. The van der Waals surface area contributed by atoms with Crippen LogP contribution in [-0.4, -0.2) is 24.2 Å². The molecule has 0 unspecified atom stereocenters. The van der Waals surface area contributed by atoms with Gasteiger partial charge in [0.25, 0.3) is 5.69 Å². The predicted octanol–water partition coefficient (Wildman–Crippen LogP) is 2.46. The van der Waals surface area contributed by atoms with E-state index in [0.29, 0.717) is 38.2 Å². The number of halogens is 2. The van der Waals surface area contributed by atoms with Crippen molar-refractivity contribution in [2.24, 2.45) is 0 Å². The summed E-state index contributed by atoms with van der Waals surface area (Å²) in [4.78, 5) is 9.98. The molecule has 1 aromatic rings. The Kier molecular flexibility index (Phi) is 3.71. The second-order valence-electron chi connectivity index (χ2n) is 4.07. The van der Waals surface area contributed by atoms with E-state index in [4.69, 9.17) is 4.74 Å². The van der Waals surface area contributed by atoms with Gasteiger partial charge in [-0.15, -0.1) is 0 Å². The fourth-order valence-electron chi connectivity index (χ4n) is 1.89. The van der Waals surface area contributed by atoms with Crippen molar-refractivity contribution in [1.82, 2.24) is 0 Å². The monoisotopic (exact) mass is 258 g/mol. The average molecular weight is 258 g/mol. The number of anilines is 1. The van der Waals surface area contributed by atoms with Gasteiger partial charge in [-0.05, 0) is 12.8 Å². The van der Waals surface area contributed by atoms with Crippen molar-refractivity contribution in [3.8, 4) is 0 Å². The van der Waals surface area contributed by atoms with Gasteiger partial charge in [0, 0.05) is 25.3 Å². The minimum absolute atomic E-state index is 0.0996. The molecule has 0 atom stereocenters. The molecule has 1 saturated heterocycles. The Hall–Kier alpha value is -1.76. The van der Waals surface area contributed by atoms with Gasteiger partial charge in [-0.25, -0.2) is 8.78 Å². The molecular weight excluding hydrogens is 246 g/mol. The normalized spacial score (nSPS) is 16.6. The summed E-state index contributed by atoms with van der Waals surface area (Å²) in [5.41, 5.74) is -0.840. The van der Waals surface area contributed by atoms with Crippen molar-refractivity contribution in [1.29, 1.82) is 0 Å². The van der Waals surface area contributed by atoms with E-state index in [1.54, 1.807) is 0 Å². The molecular formula is C11H12F2N2O3. The third kappa shape index (κ3) is 2.73. The first kappa shape index (κ1) is 12.7. The predicted molar refractivity (Wildman–Crippen MR) is 60.5 cm³/mol. The molecule has 1 aliphatic rings. The van der Waals surface area contributed by atoms with Gasteiger partial charge in [-0.2, -0.15) is 0 Å². The molecule has 1 fully saturated rings. The van der Waals surface area contributed by atoms with Gasteiger partial charge in [0.15, 0.2) is 5.82 Å². The minimum atomic E-state index is -0.961. The minimum Gasteiger partial charge on any atom is -0.381 e. The van der Waals surface area contributed by atoms with Crippen LogP contribution in [0.1, 0.15) is 12.8 Å². The number of nitro groups is 1. The lowest BCUT2D eigenvalue weighted by molar-refractivity contribution is -0.384. The fraction of sp³-hybridized carbons (Fsp3) is 0.455. The molecule has 0 aliphatic carbocycles. The van der Waals surface area contributed by atoms with Crippen LogP contribution in [0.3, 0.4) is 0 Å². The van der Waals surface area contributed by atoms with Crippen LogP contribution in [0, 0.1) is 21.7 Å². The van der Waals surface area contributed by atoms with Crippen molar-refractivity contribution in [2.75, 3.05) is 18.5 Å². The van der Waals surface area contributed by atoms with Crippen LogP contribution in [0.4, 0.5) is 20.2 Å². The lowest BCUT2D eigenvalue weighted by Crippen LogP contribution is -2.28. The highest BCUT2D eigenvalue weighted by atomic mass is 19.1. The maximum Gasteiger partial charge on any atom is 0.298 e. The molecule has 7 heteroatoms. The standard InChI is InChI=1S/C11H12F2N2O3/c12-7-5-9(13)11(10(6-7)15(16)17)14-8-1-3-18-4-2-8/h5-6,8,14H,1-4H2. The van der Waals surface area contributed by atoms with E-state index in [0.717, 1.165) is 0 Å².